The van der Waals surface area contributed by atoms with Crippen LogP contribution in [0.5, 0.6) is 5.75 Å². The van der Waals surface area contributed by atoms with Crippen molar-refractivity contribution in [3.63, 3.8) is 0 Å². The fourth-order valence-corrected chi connectivity index (χ4v) is 1.84. The van der Waals surface area contributed by atoms with Gasteiger partial charge in [0.25, 0.3) is 0 Å². The highest BCUT2D eigenvalue weighted by Gasteiger charge is 2.19. The van der Waals surface area contributed by atoms with E-state index in [1.54, 1.807) is 0 Å². The predicted molar refractivity (Wildman–Crippen MR) is 64.1 cm³/mol. The maximum absolute atomic E-state index is 9.79. The third-order valence-corrected chi connectivity index (χ3v) is 2.71. The Bertz CT molecular complexity index is 350. The predicted octanol–water partition coefficient (Wildman–Crippen LogP) is 2.71. The SMILES string of the molecule is CCc1cc(CN)c(O)cc1C(C)(C)C. The van der Waals surface area contributed by atoms with Gasteiger partial charge in [-0.05, 0) is 29.0 Å². The first kappa shape index (κ1) is 12.1. The molecular weight excluding hydrogens is 186 g/mol. The smallest absolute Gasteiger partial charge is 0.120 e. The van der Waals surface area contributed by atoms with Gasteiger partial charge in [0, 0.05) is 12.1 Å². The first-order chi connectivity index (χ1) is 6.90. The minimum absolute atomic E-state index is 0.0654. The third-order valence-electron chi connectivity index (χ3n) is 2.71. The summed E-state index contributed by atoms with van der Waals surface area (Å²) < 4.78 is 0. The summed E-state index contributed by atoms with van der Waals surface area (Å²) in [7, 11) is 0. The van der Waals surface area contributed by atoms with Gasteiger partial charge in [0.15, 0.2) is 0 Å². The highest BCUT2D eigenvalue weighted by Crippen LogP contribution is 2.31. The normalized spacial score (nSPS) is 11.8. The standard InChI is InChI=1S/C13H21NO/c1-5-9-6-10(8-14)12(15)7-11(9)13(2,3)4/h6-7,15H,5,8,14H2,1-4H3. The van der Waals surface area contributed by atoms with Crippen molar-refractivity contribution >= 4 is 0 Å². The number of hydrogen-bond donors (Lipinski definition) is 2. The zero-order valence-corrected chi connectivity index (χ0v) is 10.1. The van der Waals surface area contributed by atoms with E-state index in [-0.39, 0.29) is 5.41 Å². The van der Waals surface area contributed by atoms with Crippen molar-refractivity contribution < 1.29 is 5.11 Å². The Morgan fingerprint density at radius 2 is 1.80 bits per heavy atom. The Balaban J connectivity index is 3.34. The molecule has 1 rings (SSSR count). The van der Waals surface area contributed by atoms with Crippen molar-refractivity contribution in [3.05, 3.63) is 28.8 Å². The molecule has 0 aliphatic rings. The van der Waals surface area contributed by atoms with Crippen molar-refractivity contribution in [2.24, 2.45) is 5.73 Å². The largest absolute Gasteiger partial charge is 0.508 e. The molecule has 0 fully saturated rings. The zero-order chi connectivity index (χ0) is 11.6. The fraction of sp³-hybridized carbons (Fsp3) is 0.538. The van der Waals surface area contributed by atoms with Crippen molar-refractivity contribution in [2.45, 2.75) is 46.1 Å². The number of rotatable bonds is 2. The lowest BCUT2D eigenvalue weighted by atomic mass is 9.82. The maximum atomic E-state index is 9.79. The molecule has 0 atom stereocenters. The molecule has 84 valence electrons. The second-order valence-electron chi connectivity index (χ2n) is 4.95. The second-order valence-corrected chi connectivity index (χ2v) is 4.95. The van der Waals surface area contributed by atoms with Crippen molar-refractivity contribution in [1.82, 2.24) is 0 Å². The van der Waals surface area contributed by atoms with Gasteiger partial charge >= 0.3 is 0 Å². The molecule has 0 aromatic heterocycles. The number of hydrogen-bond acceptors (Lipinski definition) is 2. The van der Waals surface area contributed by atoms with E-state index >= 15 is 0 Å². The number of nitrogens with two attached hydrogens (primary N) is 1. The van der Waals surface area contributed by atoms with E-state index in [1.807, 2.05) is 12.1 Å². The van der Waals surface area contributed by atoms with E-state index in [2.05, 4.69) is 27.7 Å². The molecule has 0 amide bonds. The lowest BCUT2D eigenvalue weighted by molar-refractivity contribution is 0.463. The molecule has 0 saturated heterocycles. The maximum Gasteiger partial charge on any atom is 0.120 e. The van der Waals surface area contributed by atoms with E-state index in [9.17, 15) is 5.11 Å². The Morgan fingerprint density at radius 1 is 1.20 bits per heavy atom. The summed E-state index contributed by atoms with van der Waals surface area (Å²) in [5.41, 5.74) is 8.96. The number of phenolic OH excluding ortho intramolecular Hbond substituents is 1. The Morgan fingerprint density at radius 3 is 2.20 bits per heavy atom. The summed E-state index contributed by atoms with van der Waals surface area (Å²) >= 11 is 0. The Kier molecular flexibility index (Phi) is 3.40. The number of phenols is 1. The summed E-state index contributed by atoms with van der Waals surface area (Å²) in [6.07, 6.45) is 0.972. The molecule has 15 heavy (non-hydrogen) atoms. The molecule has 2 nitrogen and oxygen atoms in total. The molecule has 0 unspecified atom stereocenters. The summed E-state index contributed by atoms with van der Waals surface area (Å²) in [5, 5.41) is 9.79. The van der Waals surface area contributed by atoms with Gasteiger partial charge in [0.05, 0.1) is 0 Å². The average Bonchev–Trinajstić information content (AvgIpc) is 2.16. The quantitative estimate of drug-likeness (QED) is 0.783. The van der Waals surface area contributed by atoms with Crippen molar-refractivity contribution in [1.29, 1.82) is 0 Å². The minimum atomic E-state index is 0.0654. The van der Waals surface area contributed by atoms with Crippen LogP contribution in [0.3, 0.4) is 0 Å². The molecule has 3 N–H and O–H groups in total. The van der Waals surface area contributed by atoms with Crippen LogP contribution in [0.2, 0.25) is 0 Å². The molecule has 2 heteroatoms. The van der Waals surface area contributed by atoms with Gasteiger partial charge in [-0.2, -0.15) is 0 Å². The molecule has 1 aromatic carbocycles. The minimum Gasteiger partial charge on any atom is -0.508 e. The highest BCUT2D eigenvalue weighted by molar-refractivity contribution is 5.44. The van der Waals surface area contributed by atoms with Crippen LogP contribution in [-0.2, 0) is 18.4 Å². The molecule has 0 saturated carbocycles. The topological polar surface area (TPSA) is 46.2 Å². The molecule has 0 bridgehead atoms. The van der Waals surface area contributed by atoms with E-state index < -0.39 is 0 Å². The van der Waals surface area contributed by atoms with Crippen LogP contribution in [-0.4, -0.2) is 5.11 Å². The molecule has 0 aliphatic carbocycles. The first-order valence-electron chi connectivity index (χ1n) is 5.45. The molecule has 1 aromatic rings. The molecule has 0 spiro atoms. The first-order valence-corrected chi connectivity index (χ1v) is 5.45. The van der Waals surface area contributed by atoms with Gasteiger partial charge in [-0.25, -0.2) is 0 Å². The molecule has 0 heterocycles. The van der Waals surface area contributed by atoms with Gasteiger partial charge < -0.3 is 10.8 Å². The van der Waals surface area contributed by atoms with Gasteiger partial charge in [-0.3, -0.25) is 0 Å². The van der Waals surface area contributed by atoms with Crippen LogP contribution >= 0.6 is 0 Å². The van der Waals surface area contributed by atoms with Crippen LogP contribution in [0.15, 0.2) is 12.1 Å². The number of aryl methyl sites for hydroxylation is 1. The van der Waals surface area contributed by atoms with Gasteiger partial charge in [0.1, 0.15) is 5.75 Å². The van der Waals surface area contributed by atoms with Gasteiger partial charge in [0.2, 0.25) is 0 Å². The number of benzene rings is 1. The lowest BCUT2D eigenvalue weighted by Crippen LogP contribution is -2.15. The van der Waals surface area contributed by atoms with E-state index in [4.69, 9.17) is 5.73 Å². The summed E-state index contributed by atoms with van der Waals surface area (Å²) in [6.45, 7) is 8.99. The summed E-state index contributed by atoms with van der Waals surface area (Å²) in [5.74, 6) is 0.319. The Hall–Kier alpha value is -1.02. The van der Waals surface area contributed by atoms with Crippen LogP contribution in [0.1, 0.15) is 44.4 Å². The van der Waals surface area contributed by atoms with Crippen LogP contribution < -0.4 is 5.73 Å². The zero-order valence-electron chi connectivity index (χ0n) is 10.1. The van der Waals surface area contributed by atoms with E-state index in [1.165, 1.54) is 11.1 Å². The van der Waals surface area contributed by atoms with E-state index in [0.717, 1.165) is 12.0 Å². The average molecular weight is 207 g/mol. The van der Waals surface area contributed by atoms with Gasteiger partial charge in [-0.15, -0.1) is 0 Å². The number of aromatic hydroxyl groups is 1. The second kappa shape index (κ2) is 4.23. The molecule has 0 aliphatic heterocycles. The van der Waals surface area contributed by atoms with Crippen LogP contribution in [0, 0.1) is 0 Å². The summed E-state index contributed by atoms with van der Waals surface area (Å²) in [4.78, 5) is 0. The monoisotopic (exact) mass is 207 g/mol. The summed E-state index contributed by atoms with van der Waals surface area (Å²) in [6, 6.07) is 3.89. The fourth-order valence-electron chi connectivity index (χ4n) is 1.84. The lowest BCUT2D eigenvalue weighted by Gasteiger charge is -2.23. The highest BCUT2D eigenvalue weighted by atomic mass is 16.3. The van der Waals surface area contributed by atoms with E-state index in [0.29, 0.717) is 12.3 Å². The van der Waals surface area contributed by atoms with Crippen molar-refractivity contribution in [3.8, 4) is 5.75 Å². The third kappa shape index (κ3) is 2.51. The van der Waals surface area contributed by atoms with Crippen LogP contribution in [0.25, 0.3) is 0 Å². The Labute approximate surface area is 92.1 Å². The van der Waals surface area contributed by atoms with Crippen molar-refractivity contribution in [2.75, 3.05) is 0 Å². The van der Waals surface area contributed by atoms with Crippen LogP contribution in [0.4, 0.5) is 0 Å². The molecular formula is C13H21NO. The molecule has 0 radical (unpaired) electrons. The van der Waals surface area contributed by atoms with Gasteiger partial charge in [-0.1, -0.05) is 33.8 Å².